The van der Waals surface area contributed by atoms with E-state index in [1.54, 1.807) is 20.3 Å². The summed E-state index contributed by atoms with van der Waals surface area (Å²) < 4.78 is 10.8. The van der Waals surface area contributed by atoms with E-state index in [1.807, 2.05) is 12.1 Å². The van der Waals surface area contributed by atoms with Crippen LogP contribution in [0.4, 0.5) is 5.95 Å². The molecule has 7 heteroatoms. The number of hydrogen-bond donors (Lipinski definition) is 1. The van der Waals surface area contributed by atoms with Gasteiger partial charge in [-0.3, -0.25) is 14.7 Å². The number of likely N-dealkylation sites (tertiary alicyclic amines) is 1. The van der Waals surface area contributed by atoms with Crippen molar-refractivity contribution in [2.75, 3.05) is 45.3 Å². The number of hydrogen-bond acceptors (Lipinski definition) is 6. The molecule has 2 aliphatic heterocycles. The predicted molar refractivity (Wildman–Crippen MR) is 113 cm³/mol. The SMILES string of the molecule is COc1ccc(CN2CCCC(c3cc(=O)[nH]c(N4CCCC4)n3)C2)cc1OC. The van der Waals surface area contributed by atoms with Gasteiger partial charge in [0.25, 0.3) is 5.56 Å². The molecule has 1 N–H and O–H groups in total. The first-order valence-electron chi connectivity index (χ1n) is 10.5. The molecule has 1 unspecified atom stereocenters. The Labute approximate surface area is 171 Å². The molecule has 7 nitrogen and oxygen atoms in total. The van der Waals surface area contributed by atoms with Crippen LogP contribution in [0, 0.1) is 0 Å². The second-order valence-electron chi connectivity index (χ2n) is 7.95. The summed E-state index contributed by atoms with van der Waals surface area (Å²) in [6.07, 6.45) is 4.50. The highest BCUT2D eigenvalue weighted by Crippen LogP contribution is 2.30. The van der Waals surface area contributed by atoms with Gasteiger partial charge in [0.05, 0.1) is 19.9 Å². The number of anilines is 1. The quantitative estimate of drug-likeness (QED) is 0.807. The summed E-state index contributed by atoms with van der Waals surface area (Å²) in [4.78, 5) is 24.6. The molecule has 0 saturated carbocycles. The van der Waals surface area contributed by atoms with Crippen LogP contribution < -0.4 is 19.9 Å². The lowest BCUT2D eigenvalue weighted by Gasteiger charge is -2.32. The molecule has 2 fully saturated rings. The van der Waals surface area contributed by atoms with Gasteiger partial charge in [-0.15, -0.1) is 0 Å². The van der Waals surface area contributed by atoms with Gasteiger partial charge in [0.15, 0.2) is 11.5 Å². The molecule has 1 aromatic carbocycles. The standard InChI is InChI=1S/C22H30N4O3/c1-28-19-8-7-16(12-20(19)29-2)14-25-9-5-6-17(15-25)18-13-21(27)24-22(23-18)26-10-3-4-11-26/h7-8,12-13,17H,3-6,9-11,14-15H2,1-2H3,(H,23,24,27). The molecule has 0 amide bonds. The lowest BCUT2D eigenvalue weighted by atomic mass is 9.94. The Kier molecular flexibility index (Phi) is 6.04. The highest BCUT2D eigenvalue weighted by molar-refractivity contribution is 5.43. The van der Waals surface area contributed by atoms with Gasteiger partial charge < -0.3 is 14.4 Å². The van der Waals surface area contributed by atoms with Crippen molar-refractivity contribution >= 4 is 5.95 Å². The summed E-state index contributed by atoms with van der Waals surface area (Å²) in [5.41, 5.74) is 2.07. The van der Waals surface area contributed by atoms with Gasteiger partial charge in [-0.25, -0.2) is 4.98 Å². The van der Waals surface area contributed by atoms with Crippen molar-refractivity contribution in [2.45, 2.75) is 38.1 Å². The molecule has 0 spiro atoms. The average Bonchev–Trinajstić information content (AvgIpc) is 3.28. The topological polar surface area (TPSA) is 70.7 Å². The first-order chi connectivity index (χ1) is 14.2. The third-order valence-electron chi connectivity index (χ3n) is 5.93. The Morgan fingerprint density at radius 2 is 1.86 bits per heavy atom. The molecule has 2 aromatic rings. The summed E-state index contributed by atoms with van der Waals surface area (Å²) in [6.45, 7) is 4.75. The van der Waals surface area contributed by atoms with Gasteiger partial charge >= 0.3 is 0 Å². The normalized spacial score (nSPS) is 20.1. The van der Waals surface area contributed by atoms with Crippen LogP contribution in [0.2, 0.25) is 0 Å². The van der Waals surface area contributed by atoms with Crippen molar-refractivity contribution < 1.29 is 9.47 Å². The minimum atomic E-state index is -0.0473. The zero-order valence-corrected chi connectivity index (χ0v) is 17.3. The minimum absolute atomic E-state index is 0.0473. The number of H-pyrrole nitrogens is 1. The number of piperidine rings is 1. The highest BCUT2D eigenvalue weighted by Gasteiger charge is 2.25. The van der Waals surface area contributed by atoms with Gasteiger partial charge in [-0.05, 0) is 49.9 Å². The Morgan fingerprint density at radius 1 is 1.07 bits per heavy atom. The lowest BCUT2D eigenvalue weighted by molar-refractivity contribution is 0.198. The van der Waals surface area contributed by atoms with E-state index in [0.717, 1.165) is 81.5 Å². The van der Waals surface area contributed by atoms with Crippen molar-refractivity contribution in [1.29, 1.82) is 0 Å². The van der Waals surface area contributed by atoms with Gasteiger partial charge in [-0.1, -0.05) is 6.07 Å². The van der Waals surface area contributed by atoms with Crippen LogP contribution in [0.25, 0.3) is 0 Å². The van der Waals surface area contributed by atoms with Crippen molar-refractivity contribution in [1.82, 2.24) is 14.9 Å². The third kappa shape index (κ3) is 4.56. The van der Waals surface area contributed by atoms with E-state index in [4.69, 9.17) is 14.5 Å². The van der Waals surface area contributed by atoms with Crippen LogP contribution >= 0.6 is 0 Å². The summed E-state index contributed by atoms with van der Waals surface area (Å²) in [5.74, 6) is 2.52. The molecular formula is C22H30N4O3. The maximum Gasteiger partial charge on any atom is 0.252 e. The Hall–Kier alpha value is -2.54. The number of methoxy groups -OCH3 is 2. The van der Waals surface area contributed by atoms with Crippen LogP contribution in [0.1, 0.15) is 42.9 Å². The molecule has 4 rings (SSSR count). The van der Waals surface area contributed by atoms with Crippen LogP contribution in [-0.4, -0.2) is 55.3 Å². The largest absolute Gasteiger partial charge is 0.493 e. The molecule has 2 aliphatic rings. The minimum Gasteiger partial charge on any atom is -0.493 e. The summed E-state index contributed by atoms with van der Waals surface area (Å²) >= 11 is 0. The number of ether oxygens (including phenoxy) is 2. The van der Waals surface area contributed by atoms with Crippen molar-refractivity contribution in [3.8, 4) is 11.5 Å². The zero-order chi connectivity index (χ0) is 20.2. The van der Waals surface area contributed by atoms with Crippen LogP contribution in [0.3, 0.4) is 0 Å². The van der Waals surface area contributed by atoms with Gasteiger partial charge in [0, 0.05) is 38.2 Å². The number of aromatic nitrogens is 2. The molecular weight excluding hydrogens is 368 g/mol. The maximum atomic E-state index is 12.3. The smallest absolute Gasteiger partial charge is 0.252 e. The van der Waals surface area contributed by atoms with Gasteiger partial charge in [0.2, 0.25) is 5.95 Å². The molecule has 0 radical (unpaired) electrons. The molecule has 1 atom stereocenters. The second-order valence-corrected chi connectivity index (χ2v) is 7.95. The maximum absolute atomic E-state index is 12.3. The molecule has 0 bridgehead atoms. The molecule has 1 aromatic heterocycles. The number of aromatic amines is 1. The molecule has 2 saturated heterocycles. The fraction of sp³-hybridized carbons (Fsp3) is 0.545. The third-order valence-corrected chi connectivity index (χ3v) is 5.93. The average molecular weight is 399 g/mol. The fourth-order valence-electron chi connectivity index (χ4n) is 4.43. The Balaban J connectivity index is 1.48. The van der Waals surface area contributed by atoms with Crippen molar-refractivity contribution in [2.24, 2.45) is 0 Å². The summed E-state index contributed by atoms with van der Waals surface area (Å²) in [6, 6.07) is 7.77. The second kappa shape index (κ2) is 8.86. The zero-order valence-electron chi connectivity index (χ0n) is 17.3. The van der Waals surface area contributed by atoms with E-state index in [2.05, 4.69) is 20.9 Å². The molecule has 29 heavy (non-hydrogen) atoms. The first kappa shape index (κ1) is 19.8. The van der Waals surface area contributed by atoms with Crippen LogP contribution in [0.15, 0.2) is 29.1 Å². The van der Waals surface area contributed by atoms with Crippen LogP contribution in [0.5, 0.6) is 11.5 Å². The fourth-order valence-corrected chi connectivity index (χ4v) is 4.43. The number of benzene rings is 1. The van der Waals surface area contributed by atoms with E-state index in [-0.39, 0.29) is 11.5 Å². The summed E-state index contributed by atoms with van der Waals surface area (Å²) in [7, 11) is 3.31. The molecule has 0 aliphatic carbocycles. The van der Waals surface area contributed by atoms with E-state index in [1.165, 1.54) is 5.56 Å². The number of nitrogens with zero attached hydrogens (tertiary/aromatic N) is 3. The Bertz CT molecular complexity index is 892. The van der Waals surface area contributed by atoms with E-state index >= 15 is 0 Å². The predicted octanol–water partition coefficient (Wildman–Crippen LogP) is 2.77. The van der Waals surface area contributed by atoms with E-state index in [9.17, 15) is 4.79 Å². The van der Waals surface area contributed by atoms with Gasteiger partial charge in [0.1, 0.15) is 0 Å². The lowest BCUT2D eigenvalue weighted by Crippen LogP contribution is -2.35. The monoisotopic (exact) mass is 398 g/mol. The van der Waals surface area contributed by atoms with E-state index in [0.29, 0.717) is 0 Å². The number of rotatable bonds is 6. The molecule has 156 valence electrons. The highest BCUT2D eigenvalue weighted by atomic mass is 16.5. The first-order valence-corrected chi connectivity index (χ1v) is 10.5. The van der Waals surface area contributed by atoms with Crippen molar-refractivity contribution in [3.05, 3.63) is 45.9 Å². The molecule has 3 heterocycles. The number of nitrogens with one attached hydrogen (secondary N) is 1. The van der Waals surface area contributed by atoms with E-state index < -0.39 is 0 Å². The van der Waals surface area contributed by atoms with Crippen LogP contribution in [-0.2, 0) is 6.54 Å². The van der Waals surface area contributed by atoms with Gasteiger partial charge in [-0.2, -0.15) is 0 Å². The summed E-state index contributed by atoms with van der Waals surface area (Å²) in [5, 5.41) is 0. The van der Waals surface area contributed by atoms with Crippen molar-refractivity contribution in [3.63, 3.8) is 0 Å². The Morgan fingerprint density at radius 3 is 2.62 bits per heavy atom.